The van der Waals surface area contributed by atoms with E-state index in [1.807, 2.05) is 4.90 Å². The first-order valence-electron chi connectivity index (χ1n) is 9.58. The summed E-state index contributed by atoms with van der Waals surface area (Å²) in [6.07, 6.45) is 2.72. The van der Waals surface area contributed by atoms with Crippen LogP contribution in [-0.2, 0) is 14.3 Å². The number of aliphatic carboxylic acids is 1. The van der Waals surface area contributed by atoms with Crippen LogP contribution in [0.4, 0.5) is 0 Å². The van der Waals surface area contributed by atoms with Crippen molar-refractivity contribution in [3.63, 3.8) is 0 Å². The zero-order valence-electron chi connectivity index (χ0n) is 15.8. The molecule has 2 amide bonds. The first-order chi connectivity index (χ1) is 13.4. The third kappa shape index (κ3) is 3.22. The van der Waals surface area contributed by atoms with Crippen molar-refractivity contribution in [3.8, 4) is 5.75 Å². The molecule has 2 heterocycles. The molecule has 8 nitrogen and oxygen atoms in total. The number of hydrogen-bond acceptors (Lipinski definition) is 5. The van der Waals surface area contributed by atoms with Crippen molar-refractivity contribution in [1.29, 1.82) is 0 Å². The van der Waals surface area contributed by atoms with Crippen LogP contribution in [0.15, 0.2) is 24.3 Å². The number of likely N-dealkylation sites (tertiary alicyclic amines) is 1. The van der Waals surface area contributed by atoms with Gasteiger partial charge < -0.3 is 19.5 Å². The zero-order valence-corrected chi connectivity index (χ0v) is 15.8. The Morgan fingerprint density at radius 2 is 1.79 bits per heavy atom. The second-order valence-electron chi connectivity index (χ2n) is 7.61. The number of piperidine rings is 1. The molecule has 28 heavy (non-hydrogen) atoms. The van der Waals surface area contributed by atoms with Gasteiger partial charge >= 0.3 is 5.97 Å². The molecule has 2 saturated heterocycles. The Labute approximate surface area is 163 Å². The van der Waals surface area contributed by atoms with Gasteiger partial charge in [0.25, 0.3) is 5.91 Å². The lowest BCUT2D eigenvalue weighted by Crippen LogP contribution is -2.58. The Morgan fingerprint density at radius 3 is 2.32 bits per heavy atom. The fourth-order valence-electron chi connectivity index (χ4n) is 4.09. The van der Waals surface area contributed by atoms with Crippen molar-refractivity contribution in [2.75, 3.05) is 26.8 Å². The Morgan fingerprint density at radius 1 is 1.14 bits per heavy atom. The summed E-state index contributed by atoms with van der Waals surface area (Å²) in [5.74, 6) is -0.548. The van der Waals surface area contributed by atoms with E-state index in [0.29, 0.717) is 37.2 Å². The van der Waals surface area contributed by atoms with E-state index in [1.54, 1.807) is 24.3 Å². The summed E-state index contributed by atoms with van der Waals surface area (Å²) in [7, 11) is 1.54. The molecule has 1 aromatic carbocycles. The molecule has 3 aliphatic rings. The maximum Gasteiger partial charge on any atom is 0.328 e. The summed E-state index contributed by atoms with van der Waals surface area (Å²) in [5.41, 5.74) is -0.603. The summed E-state index contributed by atoms with van der Waals surface area (Å²) < 4.78 is 11.0. The zero-order chi connectivity index (χ0) is 19.9. The summed E-state index contributed by atoms with van der Waals surface area (Å²) in [6, 6.07) is 5.54. The van der Waals surface area contributed by atoms with Crippen LogP contribution in [0.2, 0.25) is 0 Å². The van der Waals surface area contributed by atoms with E-state index in [4.69, 9.17) is 9.47 Å². The Hall–Kier alpha value is -2.61. The highest BCUT2D eigenvalue weighted by molar-refractivity contribution is 5.97. The maximum absolute atomic E-state index is 13.2. The van der Waals surface area contributed by atoms with Crippen LogP contribution in [0.5, 0.6) is 5.75 Å². The fourth-order valence-corrected chi connectivity index (χ4v) is 4.09. The van der Waals surface area contributed by atoms with Crippen molar-refractivity contribution in [2.24, 2.45) is 5.92 Å². The Kier molecular flexibility index (Phi) is 4.74. The van der Waals surface area contributed by atoms with Gasteiger partial charge in [-0.2, -0.15) is 0 Å². The molecule has 0 aromatic heterocycles. The van der Waals surface area contributed by atoms with Crippen LogP contribution in [0, 0.1) is 5.92 Å². The van der Waals surface area contributed by atoms with Crippen molar-refractivity contribution in [2.45, 2.75) is 37.5 Å². The van der Waals surface area contributed by atoms with Gasteiger partial charge in [-0.15, -0.1) is 0 Å². The number of hydrogen-bond donors (Lipinski definition) is 1. The van der Waals surface area contributed by atoms with Gasteiger partial charge in [0.15, 0.2) is 6.04 Å². The van der Waals surface area contributed by atoms with E-state index in [0.717, 1.165) is 12.8 Å². The van der Waals surface area contributed by atoms with Gasteiger partial charge in [0.2, 0.25) is 5.91 Å². The number of carbonyl (C=O) groups excluding carboxylic acids is 2. The van der Waals surface area contributed by atoms with Crippen LogP contribution in [0.3, 0.4) is 0 Å². The molecule has 150 valence electrons. The van der Waals surface area contributed by atoms with E-state index in [-0.39, 0.29) is 24.3 Å². The first-order valence-corrected chi connectivity index (χ1v) is 9.58. The van der Waals surface area contributed by atoms with E-state index >= 15 is 0 Å². The highest BCUT2D eigenvalue weighted by Gasteiger charge is 2.54. The predicted octanol–water partition coefficient (Wildman–Crippen LogP) is 1.35. The highest BCUT2D eigenvalue weighted by Crippen LogP contribution is 2.40. The molecule has 4 rings (SSSR count). The number of carboxylic acid groups (broad SMARTS) is 1. The second-order valence-corrected chi connectivity index (χ2v) is 7.61. The summed E-state index contributed by atoms with van der Waals surface area (Å²) in [6.45, 7) is 0.885. The largest absolute Gasteiger partial charge is 0.497 e. The van der Waals surface area contributed by atoms with Gasteiger partial charge in [0.05, 0.1) is 13.7 Å². The first kappa shape index (κ1) is 18.7. The van der Waals surface area contributed by atoms with Crippen LogP contribution in [0.25, 0.3) is 0 Å². The number of benzene rings is 1. The lowest BCUT2D eigenvalue weighted by atomic mass is 9.96. The minimum atomic E-state index is -1.09. The lowest BCUT2D eigenvalue weighted by molar-refractivity contribution is -0.148. The van der Waals surface area contributed by atoms with Gasteiger partial charge in [0, 0.05) is 37.4 Å². The maximum atomic E-state index is 13.2. The molecule has 1 unspecified atom stereocenters. The summed E-state index contributed by atoms with van der Waals surface area (Å²) >= 11 is 0. The molecule has 8 heteroatoms. The monoisotopic (exact) mass is 388 g/mol. The minimum absolute atomic E-state index is 0.0478. The lowest BCUT2D eigenvalue weighted by Gasteiger charge is -2.44. The molecule has 0 bridgehead atoms. The normalized spacial score (nSPS) is 23.7. The number of methoxy groups -OCH3 is 1. The Balaban J connectivity index is 1.56. The van der Waals surface area contributed by atoms with Gasteiger partial charge in [-0.3, -0.25) is 14.5 Å². The summed E-state index contributed by atoms with van der Waals surface area (Å²) in [4.78, 5) is 40.5. The van der Waals surface area contributed by atoms with Crippen LogP contribution in [-0.4, -0.2) is 71.3 Å². The quantitative estimate of drug-likeness (QED) is 0.836. The molecule has 1 N–H and O–H groups in total. The molecule has 1 atom stereocenters. The van der Waals surface area contributed by atoms with Gasteiger partial charge in [-0.1, -0.05) is 0 Å². The molecule has 2 aliphatic heterocycles. The van der Waals surface area contributed by atoms with Crippen molar-refractivity contribution in [1.82, 2.24) is 9.80 Å². The molecule has 3 fully saturated rings. The molecular weight excluding hydrogens is 364 g/mol. The van der Waals surface area contributed by atoms with Crippen LogP contribution >= 0.6 is 0 Å². The Bertz CT molecular complexity index is 780. The van der Waals surface area contributed by atoms with Crippen LogP contribution in [0.1, 0.15) is 36.0 Å². The van der Waals surface area contributed by atoms with E-state index in [1.165, 1.54) is 12.0 Å². The molecule has 0 radical (unpaired) electrons. The van der Waals surface area contributed by atoms with Crippen molar-refractivity contribution < 1.29 is 29.0 Å². The van der Waals surface area contributed by atoms with Gasteiger partial charge in [0.1, 0.15) is 11.5 Å². The van der Waals surface area contributed by atoms with Crippen molar-refractivity contribution >= 4 is 17.8 Å². The summed E-state index contributed by atoms with van der Waals surface area (Å²) in [5, 5.41) is 9.64. The number of rotatable bonds is 4. The number of ether oxygens (including phenoxy) is 2. The smallest absolute Gasteiger partial charge is 0.328 e. The van der Waals surface area contributed by atoms with Gasteiger partial charge in [-0.05, 0) is 37.1 Å². The standard InChI is InChI=1S/C20H24N2O6/c1-27-15-6-4-14(5-7-15)18(24)22-16(19(25)26)12-28-20(22)8-10-21(11-9-20)17(23)13-2-3-13/h4-7,13,16H,2-3,8-12H2,1H3,(H,25,26). The third-order valence-electron chi connectivity index (χ3n) is 5.88. The molecular formula is C20H24N2O6. The molecule has 1 aromatic rings. The highest BCUT2D eigenvalue weighted by atomic mass is 16.5. The molecule has 1 saturated carbocycles. The van der Waals surface area contributed by atoms with Crippen molar-refractivity contribution in [3.05, 3.63) is 29.8 Å². The van der Waals surface area contributed by atoms with Crippen LogP contribution < -0.4 is 4.74 Å². The average Bonchev–Trinajstić information content (AvgIpc) is 3.50. The third-order valence-corrected chi connectivity index (χ3v) is 5.88. The number of carboxylic acids is 1. The number of carbonyl (C=O) groups is 3. The molecule has 1 aliphatic carbocycles. The van der Waals surface area contributed by atoms with Gasteiger partial charge in [-0.25, -0.2) is 4.79 Å². The number of nitrogens with zero attached hydrogens (tertiary/aromatic N) is 2. The predicted molar refractivity (Wildman–Crippen MR) is 97.8 cm³/mol. The molecule has 1 spiro atoms. The SMILES string of the molecule is COc1ccc(C(=O)N2C(C(=O)O)COC23CCN(C(=O)C2CC2)CC3)cc1. The van der Waals surface area contributed by atoms with E-state index in [9.17, 15) is 19.5 Å². The van der Waals surface area contributed by atoms with E-state index in [2.05, 4.69) is 0 Å². The average molecular weight is 388 g/mol. The second kappa shape index (κ2) is 7.09. The number of amides is 2. The fraction of sp³-hybridized carbons (Fsp3) is 0.550. The van der Waals surface area contributed by atoms with E-state index < -0.39 is 17.7 Å². The topological polar surface area (TPSA) is 96.4 Å². The minimum Gasteiger partial charge on any atom is -0.497 e.